The second-order valence-corrected chi connectivity index (χ2v) is 5.46. The highest BCUT2D eigenvalue weighted by molar-refractivity contribution is 8.13. The van der Waals surface area contributed by atoms with Crippen LogP contribution >= 0.6 is 11.8 Å². The molecule has 0 radical (unpaired) electrons. The third-order valence-electron chi connectivity index (χ3n) is 2.59. The first-order valence-corrected chi connectivity index (χ1v) is 6.99. The van der Waals surface area contributed by atoms with Crippen LogP contribution in [0.4, 0.5) is 4.39 Å². The number of hydrogen-bond acceptors (Lipinski definition) is 5. The monoisotopic (exact) mass is 314 g/mol. The maximum Gasteiger partial charge on any atom is 0.328 e. The number of rotatable bonds is 6. The molecule has 0 saturated heterocycles. The molecule has 0 aromatic heterocycles. The fraction of sp³-hybridized carbons (Fsp3) is 0.286. The van der Waals surface area contributed by atoms with Crippen LogP contribution in [-0.4, -0.2) is 38.3 Å². The van der Waals surface area contributed by atoms with E-state index in [9.17, 15) is 24.2 Å². The maximum atomic E-state index is 13.5. The van der Waals surface area contributed by atoms with Crippen LogP contribution in [-0.2, 0) is 9.59 Å². The number of carbonyl (C=O) groups is 2. The van der Waals surface area contributed by atoms with Crippen LogP contribution in [0.25, 0.3) is 6.08 Å². The first kappa shape index (κ1) is 17.4. The minimum absolute atomic E-state index is 0.00811. The summed E-state index contributed by atoms with van der Waals surface area (Å²) >= 11 is 0.869. The number of carbonyl (C=O) groups excluding carboxylic acids is 1. The Morgan fingerprint density at radius 2 is 2.05 bits per heavy atom. The van der Waals surface area contributed by atoms with Gasteiger partial charge in [0.2, 0.25) is 0 Å². The molecule has 114 valence electrons. The lowest BCUT2D eigenvalue weighted by Gasteiger charge is -2.17. The fourth-order valence-corrected chi connectivity index (χ4v) is 2.14. The van der Waals surface area contributed by atoms with Gasteiger partial charge in [-0.05, 0) is 23.8 Å². The van der Waals surface area contributed by atoms with Crippen molar-refractivity contribution >= 4 is 28.9 Å². The Bertz CT molecular complexity index is 558. The van der Waals surface area contributed by atoms with Crippen LogP contribution in [0.15, 0.2) is 24.3 Å². The van der Waals surface area contributed by atoms with Gasteiger partial charge in [-0.3, -0.25) is 4.79 Å². The highest BCUT2D eigenvalue weighted by Gasteiger charge is 2.20. The smallest absolute Gasteiger partial charge is 0.328 e. The Balaban J connectivity index is 2.89. The normalized spacial score (nSPS) is 14.1. The summed E-state index contributed by atoms with van der Waals surface area (Å²) in [7, 11) is 0. The Labute approximate surface area is 125 Å². The largest absolute Gasteiger partial charge is 0.478 e. The van der Waals surface area contributed by atoms with E-state index in [0.29, 0.717) is 0 Å². The predicted octanol–water partition coefficient (Wildman–Crippen LogP) is 1.60. The Morgan fingerprint density at radius 3 is 2.62 bits per heavy atom. The van der Waals surface area contributed by atoms with E-state index in [-0.39, 0.29) is 22.0 Å². The summed E-state index contributed by atoms with van der Waals surface area (Å²) < 4.78 is 13.5. The van der Waals surface area contributed by atoms with Crippen LogP contribution in [0, 0.1) is 5.82 Å². The average Bonchev–Trinajstić information content (AvgIpc) is 2.42. The highest BCUT2D eigenvalue weighted by Crippen LogP contribution is 2.23. The van der Waals surface area contributed by atoms with Gasteiger partial charge in [-0.25, -0.2) is 9.18 Å². The molecule has 0 fully saturated rings. The van der Waals surface area contributed by atoms with E-state index >= 15 is 0 Å². The molecule has 21 heavy (non-hydrogen) atoms. The zero-order valence-corrected chi connectivity index (χ0v) is 12.0. The number of hydrogen-bond donors (Lipinski definition) is 3. The molecule has 0 aliphatic carbocycles. The maximum absolute atomic E-state index is 13.5. The zero-order valence-electron chi connectivity index (χ0n) is 11.2. The minimum Gasteiger partial charge on any atom is -0.478 e. The topological polar surface area (TPSA) is 94.8 Å². The lowest BCUT2D eigenvalue weighted by molar-refractivity contribution is -0.131. The van der Waals surface area contributed by atoms with Crippen LogP contribution in [0.1, 0.15) is 24.2 Å². The van der Waals surface area contributed by atoms with Crippen molar-refractivity contribution in [2.45, 2.75) is 19.1 Å². The van der Waals surface area contributed by atoms with Gasteiger partial charge >= 0.3 is 5.97 Å². The molecule has 2 atom stereocenters. The Hall–Kier alpha value is -1.70. The van der Waals surface area contributed by atoms with Gasteiger partial charge in [0, 0.05) is 24.3 Å². The van der Waals surface area contributed by atoms with Gasteiger partial charge in [0.05, 0.1) is 6.10 Å². The first-order chi connectivity index (χ1) is 9.81. The van der Waals surface area contributed by atoms with Crippen molar-refractivity contribution < 1.29 is 29.3 Å². The van der Waals surface area contributed by atoms with Crippen LogP contribution < -0.4 is 0 Å². The van der Waals surface area contributed by atoms with Crippen LogP contribution in [0.2, 0.25) is 0 Å². The number of thioether (sulfide) groups is 1. The third-order valence-corrected chi connectivity index (χ3v) is 3.50. The predicted molar refractivity (Wildman–Crippen MR) is 77.2 cm³/mol. The Kier molecular flexibility index (Phi) is 6.54. The summed E-state index contributed by atoms with van der Waals surface area (Å²) in [6.07, 6.45) is -0.656. The molecule has 1 rings (SSSR count). The molecule has 0 bridgehead atoms. The van der Waals surface area contributed by atoms with Crippen molar-refractivity contribution in [3.05, 3.63) is 41.2 Å². The molecule has 0 aliphatic rings. The summed E-state index contributed by atoms with van der Waals surface area (Å²) in [4.78, 5) is 21.2. The second kappa shape index (κ2) is 7.92. The summed E-state index contributed by atoms with van der Waals surface area (Å²) in [5, 5.41) is 28.1. The molecule has 1 aromatic rings. The summed E-state index contributed by atoms with van der Waals surface area (Å²) in [6, 6.07) is 3.62. The summed E-state index contributed by atoms with van der Waals surface area (Å²) in [6.45, 7) is 1.34. The van der Waals surface area contributed by atoms with Gasteiger partial charge in [0.15, 0.2) is 5.12 Å². The molecule has 3 N–H and O–H groups in total. The number of aliphatic hydroxyl groups excluding tert-OH is 2. The van der Waals surface area contributed by atoms with Crippen LogP contribution in [0.5, 0.6) is 0 Å². The lowest BCUT2D eigenvalue weighted by Crippen LogP contribution is -2.21. The SMILES string of the molecule is CC(=O)SCC(O)C(O)c1ccc(F)c(/C=C/C(=O)O)c1. The van der Waals surface area contributed by atoms with Crippen molar-refractivity contribution in [2.24, 2.45) is 0 Å². The molecule has 2 unspecified atom stereocenters. The summed E-state index contributed by atoms with van der Waals surface area (Å²) in [5.41, 5.74) is 0.221. The van der Waals surface area contributed by atoms with Gasteiger partial charge in [-0.2, -0.15) is 0 Å². The molecule has 1 aromatic carbocycles. The molecule has 0 aliphatic heterocycles. The second-order valence-electron chi connectivity index (χ2n) is 4.27. The standard InChI is InChI=1S/C14H15FO5S/c1-8(16)21-7-12(17)14(20)10-2-4-11(15)9(6-10)3-5-13(18)19/h2-6,12,14,17,20H,7H2,1H3,(H,18,19)/b5-3+. The van der Waals surface area contributed by atoms with Crippen molar-refractivity contribution in [1.29, 1.82) is 0 Å². The Morgan fingerprint density at radius 1 is 1.38 bits per heavy atom. The zero-order chi connectivity index (χ0) is 16.0. The quantitative estimate of drug-likeness (QED) is 0.690. The van der Waals surface area contributed by atoms with E-state index in [1.165, 1.54) is 19.1 Å². The molecular formula is C14H15FO5S. The molecule has 0 heterocycles. The highest BCUT2D eigenvalue weighted by atomic mass is 32.2. The summed E-state index contributed by atoms with van der Waals surface area (Å²) in [5.74, 6) is -1.86. The van der Waals surface area contributed by atoms with Crippen molar-refractivity contribution in [2.75, 3.05) is 5.75 Å². The number of carboxylic acids is 1. The lowest BCUT2D eigenvalue weighted by atomic mass is 10.0. The number of halogens is 1. The first-order valence-electron chi connectivity index (χ1n) is 6.01. The number of benzene rings is 1. The van der Waals surface area contributed by atoms with E-state index < -0.39 is 24.0 Å². The number of aliphatic hydroxyl groups is 2. The van der Waals surface area contributed by atoms with E-state index in [1.54, 1.807) is 0 Å². The van der Waals surface area contributed by atoms with Gasteiger partial charge in [-0.1, -0.05) is 17.8 Å². The van der Waals surface area contributed by atoms with E-state index in [1.807, 2.05) is 0 Å². The van der Waals surface area contributed by atoms with Crippen LogP contribution in [0.3, 0.4) is 0 Å². The van der Waals surface area contributed by atoms with E-state index in [4.69, 9.17) is 5.11 Å². The molecule has 5 nitrogen and oxygen atoms in total. The van der Waals surface area contributed by atoms with Gasteiger partial charge < -0.3 is 15.3 Å². The number of aliphatic carboxylic acids is 1. The van der Waals surface area contributed by atoms with E-state index in [0.717, 1.165) is 30.0 Å². The minimum atomic E-state index is -1.30. The van der Waals surface area contributed by atoms with Gasteiger partial charge in [0.1, 0.15) is 11.9 Å². The van der Waals surface area contributed by atoms with Gasteiger partial charge in [-0.15, -0.1) is 0 Å². The fourth-order valence-electron chi connectivity index (χ4n) is 1.55. The molecule has 0 saturated carbocycles. The van der Waals surface area contributed by atoms with Crippen molar-refractivity contribution in [1.82, 2.24) is 0 Å². The van der Waals surface area contributed by atoms with Crippen molar-refractivity contribution in [3.8, 4) is 0 Å². The van der Waals surface area contributed by atoms with Gasteiger partial charge in [0.25, 0.3) is 0 Å². The molecule has 0 amide bonds. The third kappa shape index (κ3) is 5.66. The van der Waals surface area contributed by atoms with Crippen molar-refractivity contribution in [3.63, 3.8) is 0 Å². The number of carboxylic acid groups (broad SMARTS) is 1. The molecule has 0 spiro atoms. The average molecular weight is 314 g/mol. The van der Waals surface area contributed by atoms with E-state index in [2.05, 4.69) is 0 Å². The molecule has 7 heteroatoms. The molecular weight excluding hydrogens is 299 g/mol.